The van der Waals surface area contributed by atoms with Crippen LogP contribution in [0.5, 0.6) is 0 Å². The number of hydrogen-bond acceptors (Lipinski definition) is 4. The van der Waals surface area contributed by atoms with E-state index in [0.717, 1.165) is 12.8 Å². The highest BCUT2D eigenvalue weighted by Crippen LogP contribution is 2.29. The molecule has 7 heteroatoms. The number of amides is 1. The van der Waals surface area contributed by atoms with Crippen molar-refractivity contribution >= 4 is 17.5 Å². The summed E-state index contributed by atoms with van der Waals surface area (Å²) in [5.41, 5.74) is 1.19. The predicted molar refractivity (Wildman–Crippen MR) is 73.8 cm³/mol. The third-order valence-corrected chi connectivity index (χ3v) is 3.68. The van der Waals surface area contributed by atoms with Crippen LogP contribution in [0.3, 0.4) is 0 Å². The summed E-state index contributed by atoms with van der Waals surface area (Å²) in [6.07, 6.45) is 5.09. The average molecular weight is 288 g/mol. The normalized spacial score (nSPS) is 15.9. The minimum Gasteiger partial charge on any atom is -0.481 e. The standard InChI is InChI=1S/C14H16N4O3/c1-9(14(20)21)6-18(11-3-4-11)13(19)10-2-5-12-16-15-8-17(12)7-10/h2,5,7-9,11H,3-4,6H2,1H3,(H,20,21). The summed E-state index contributed by atoms with van der Waals surface area (Å²) < 4.78 is 1.68. The maximum absolute atomic E-state index is 12.6. The van der Waals surface area contributed by atoms with Crippen LogP contribution in [0.2, 0.25) is 0 Å². The minimum absolute atomic E-state index is 0.138. The molecule has 1 unspecified atom stereocenters. The SMILES string of the molecule is CC(CN(C(=O)c1ccc2nncn2c1)C1CC1)C(=O)O. The van der Waals surface area contributed by atoms with Crippen LogP contribution in [-0.2, 0) is 4.79 Å². The molecule has 110 valence electrons. The van der Waals surface area contributed by atoms with Crippen molar-refractivity contribution in [3.63, 3.8) is 0 Å². The van der Waals surface area contributed by atoms with Crippen LogP contribution in [0.25, 0.3) is 5.65 Å². The van der Waals surface area contributed by atoms with Crippen molar-refractivity contribution in [2.24, 2.45) is 5.92 Å². The number of aromatic nitrogens is 3. The highest BCUT2D eigenvalue weighted by Gasteiger charge is 2.35. The highest BCUT2D eigenvalue weighted by molar-refractivity contribution is 5.95. The first-order chi connectivity index (χ1) is 10.1. The molecule has 1 aliphatic rings. The van der Waals surface area contributed by atoms with Gasteiger partial charge in [-0.25, -0.2) is 0 Å². The number of hydrogen-bond donors (Lipinski definition) is 1. The molecule has 1 fully saturated rings. The Labute approximate surface area is 121 Å². The van der Waals surface area contributed by atoms with Crippen molar-refractivity contribution in [3.8, 4) is 0 Å². The molecule has 0 bridgehead atoms. The molecule has 2 aromatic heterocycles. The molecule has 0 aromatic carbocycles. The van der Waals surface area contributed by atoms with Crippen molar-refractivity contribution in [2.45, 2.75) is 25.8 Å². The second kappa shape index (κ2) is 5.16. The van der Waals surface area contributed by atoms with E-state index in [9.17, 15) is 9.59 Å². The van der Waals surface area contributed by atoms with Gasteiger partial charge < -0.3 is 10.0 Å². The predicted octanol–water partition coefficient (Wildman–Crippen LogP) is 1.05. The summed E-state index contributed by atoms with van der Waals surface area (Å²) in [7, 11) is 0. The van der Waals surface area contributed by atoms with Crippen LogP contribution in [0.1, 0.15) is 30.1 Å². The highest BCUT2D eigenvalue weighted by atomic mass is 16.4. The molecule has 0 radical (unpaired) electrons. The Kier molecular flexibility index (Phi) is 3.32. The molecular formula is C14H16N4O3. The van der Waals surface area contributed by atoms with Gasteiger partial charge in [0.15, 0.2) is 5.65 Å². The molecule has 0 aliphatic heterocycles. The summed E-state index contributed by atoms with van der Waals surface area (Å²) in [4.78, 5) is 25.3. The first kappa shape index (κ1) is 13.5. The van der Waals surface area contributed by atoms with E-state index < -0.39 is 11.9 Å². The van der Waals surface area contributed by atoms with E-state index in [-0.39, 0.29) is 18.5 Å². The van der Waals surface area contributed by atoms with Crippen LogP contribution in [-0.4, -0.2) is 49.1 Å². The molecule has 7 nitrogen and oxygen atoms in total. The molecule has 1 atom stereocenters. The summed E-state index contributed by atoms with van der Waals surface area (Å²) in [5.74, 6) is -1.60. The molecule has 2 aromatic rings. The Morgan fingerprint density at radius 3 is 2.90 bits per heavy atom. The fourth-order valence-electron chi connectivity index (χ4n) is 2.28. The smallest absolute Gasteiger partial charge is 0.308 e. The van der Waals surface area contributed by atoms with E-state index in [1.165, 1.54) is 6.33 Å². The molecule has 0 saturated heterocycles. The number of carbonyl (C=O) groups is 2. The van der Waals surface area contributed by atoms with E-state index in [1.54, 1.807) is 34.6 Å². The summed E-state index contributed by atoms with van der Waals surface area (Å²) in [6, 6.07) is 3.59. The lowest BCUT2D eigenvalue weighted by Gasteiger charge is -2.24. The fraction of sp³-hybridized carbons (Fsp3) is 0.429. The number of carboxylic acids is 1. The molecule has 1 N–H and O–H groups in total. The number of carbonyl (C=O) groups excluding carboxylic acids is 1. The molecule has 21 heavy (non-hydrogen) atoms. The van der Waals surface area contributed by atoms with Gasteiger partial charge in [-0.15, -0.1) is 10.2 Å². The second-order valence-electron chi connectivity index (χ2n) is 5.44. The zero-order valence-electron chi connectivity index (χ0n) is 11.6. The minimum atomic E-state index is -0.886. The third kappa shape index (κ3) is 2.72. The van der Waals surface area contributed by atoms with E-state index in [4.69, 9.17) is 5.11 Å². The van der Waals surface area contributed by atoms with Crippen LogP contribution >= 0.6 is 0 Å². The monoisotopic (exact) mass is 288 g/mol. The van der Waals surface area contributed by atoms with Gasteiger partial charge in [0.1, 0.15) is 6.33 Å². The first-order valence-electron chi connectivity index (χ1n) is 6.89. The summed E-state index contributed by atoms with van der Waals surface area (Å²) in [5, 5.41) is 16.7. The van der Waals surface area contributed by atoms with Gasteiger partial charge in [-0.2, -0.15) is 0 Å². The summed E-state index contributed by atoms with van der Waals surface area (Å²) in [6.45, 7) is 1.85. The van der Waals surface area contributed by atoms with Gasteiger partial charge in [-0.1, -0.05) is 6.92 Å². The van der Waals surface area contributed by atoms with Crippen molar-refractivity contribution in [1.29, 1.82) is 0 Å². The first-order valence-corrected chi connectivity index (χ1v) is 6.89. The Hall–Kier alpha value is -2.44. The van der Waals surface area contributed by atoms with Crippen molar-refractivity contribution < 1.29 is 14.7 Å². The van der Waals surface area contributed by atoms with E-state index in [1.807, 2.05) is 0 Å². The maximum Gasteiger partial charge on any atom is 0.308 e. The molecule has 1 amide bonds. The largest absolute Gasteiger partial charge is 0.481 e. The Morgan fingerprint density at radius 2 is 2.24 bits per heavy atom. The number of pyridine rings is 1. The van der Waals surface area contributed by atoms with E-state index in [2.05, 4.69) is 10.2 Å². The molecular weight excluding hydrogens is 272 g/mol. The average Bonchev–Trinajstić information content (AvgIpc) is 3.20. The fourth-order valence-corrected chi connectivity index (χ4v) is 2.28. The van der Waals surface area contributed by atoms with Gasteiger partial charge in [0, 0.05) is 18.8 Å². The molecule has 1 saturated carbocycles. The Morgan fingerprint density at radius 1 is 1.48 bits per heavy atom. The molecule has 3 rings (SSSR count). The quantitative estimate of drug-likeness (QED) is 0.888. The Bertz CT molecular complexity index is 692. The molecule has 0 spiro atoms. The van der Waals surface area contributed by atoms with Crippen molar-refractivity contribution in [1.82, 2.24) is 19.5 Å². The number of fused-ring (bicyclic) bond motifs is 1. The topological polar surface area (TPSA) is 87.8 Å². The van der Waals surface area contributed by atoms with E-state index >= 15 is 0 Å². The van der Waals surface area contributed by atoms with Gasteiger partial charge in [0.05, 0.1) is 11.5 Å². The maximum atomic E-state index is 12.6. The molecule has 1 aliphatic carbocycles. The van der Waals surface area contributed by atoms with Crippen molar-refractivity contribution in [2.75, 3.05) is 6.54 Å². The van der Waals surface area contributed by atoms with Crippen LogP contribution < -0.4 is 0 Å². The number of nitrogens with zero attached hydrogens (tertiary/aromatic N) is 4. The lowest BCUT2D eigenvalue weighted by molar-refractivity contribution is -0.141. The van der Waals surface area contributed by atoms with E-state index in [0.29, 0.717) is 11.2 Å². The summed E-state index contributed by atoms with van der Waals surface area (Å²) >= 11 is 0. The van der Waals surface area contributed by atoms with Gasteiger partial charge in [-0.05, 0) is 25.0 Å². The van der Waals surface area contributed by atoms with Crippen LogP contribution in [0.4, 0.5) is 0 Å². The lowest BCUT2D eigenvalue weighted by Crippen LogP contribution is -2.38. The number of carboxylic acid groups (broad SMARTS) is 1. The number of aliphatic carboxylic acids is 1. The van der Waals surface area contributed by atoms with Crippen LogP contribution in [0.15, 0.2) is 24.7 Å². The van der Waals surface area contributed by atoms with Crippen molar-refractivity contribution in [3.05, 3.63) is 30.2 Å². The van der Waals surface area contributed by atoms with Gasteiger partial charge >= 0.3 is 5.97 Å². The van der Waals surface area contributed by atoms with Gasteiger partial charge in [0.25, 0.3) is 5.91 Å². The third-order valence-electron chi connectivity index (χ3n) is 3.68. The van der Waals surface area contributed by atoms with Crippen LogP contribution in [0, 0.1) is 5.92 Å². The van der Waals surface area contributed by atoms with Gasteiger partial charge in [-0.3, -0.25) is 14.0 Å². The zero-order chi connectivity index (χ0) is 15.0. The lowest BCUT2D eigenvalue weighted by atomic mass is 10.1. The zero-order valence-corrected chi connectivity index (χ0v) is 11.6. The Balaban J connectivity index is 1.84. The second-order valence-corrected chi connectivity index (χ2v) is 5.44. The van der Waals surface area contributed by atoms with Gasteiger partial charge in [0.2, 0.25) is 0 Å². The number of rotatable bonds is 5. The molecule has 2 heterocycles.